The molecule has 1 unspecified atom stereocenters. The zero-order valence-corrected chi connectivity index (χ0v) is 9.19. The number of nitrogens with two attached hydrogens (primary N) is 1. The first-order valence-electron chi connectivity index (χ1n) is 5.55. The van der Waals surface area contributed by atoms with Crippen molar-refractivity contribution in [1.29, 1.82) is 0 Å². The number of aromatic nitrogens is 2. The monoisotopic (exact) mass is 209 g/mol. The van der Waals surface area contributed by atoms with E-state index >= 15 is 0 Å². The Hall–Kier alpha value is -0.870. The highest BCUT2D eigenvalue weighted by Crippen LogP contribution is 2.46. The lowest BCUT2D eigenvalue weighted by Gasteiger charge is -2.32. The summed E-state index contributed by atoms with van der Waals surface area (Å²) < 4.78 is 1.72. The summed E-state index contributed by atoms with van der Waals surface area (Å²) in [5.41, 5.74) is 6.61. The summed E-state index contributed by atoms with van der Waals surface area (Å²) in [7, 11) is 1.86. The van der Waals surface area contributed by atoms with E-state index in [1.165, 1.54) is 12.8 Å². The van der Waals surface area contributed by atoms with E-state index in [0.29, 0.717) is 6.54 Å². The molecule has 1 aromatic heterocycles. The fourth-order valence-electron chi connectivity index (χ4n) is 2.60. The van der Waals surface area contributed by atoms with E-state index in [2.05, 4.69) is 5.10 Å². The summed E-state index contributed by atoms with van der Waals surface area (Å²) in [6.45, 7) is 0.559. The van der Waals surface area contributed by atoms with Crippen molar-refractivity contribution in [2.75, 3.05) is 6.54 Å². The average molecular weight is 209 g/mol. The number of rotatable bonds is 3. The summed E-state index contributed by atoms with van der Waals surface area (Å²) in [5.74, 6) is 0. The molecule has 4 nitrogen and oxygen atoms in total. The van der Waals surface area contributed by atoms with Crippen LogP contribution < -0.4 is 5.73 Å². The second-order valence-corrected chi connectivity index (χ2v) is 4.62. The van der Waals surface area contributed by atoms with Crippen LogP contribution >= 0.6 is 0 Å². The molecule has 0 aromatic carbocycles. The van der Waals surface area contributed by atoms with Gasteiger partial charge in [-0.3, -0.25) is 4.68 Å². The van der Waals surface area contributed by atoms with E-state index in [1.54, 1.807) is 10.9 Å². The Kier molecular flexibility index (Phi) is 2.80. The van der Waals surface area contributed by atoms with Gasteiger partial charge in [-0.1, -0.05) is 12.8 Å². The molecular weight excluding hydrogens is 190 g/mol. The Balaban J connectivity index is 2.21. The zero-order valence-electron chi connectivity index (χ0n) is 9.19. The minimum Gasteiger partial charge on any atom is -0.388 e. The van der Waals surface area contributed by atoms with Crippen molar-refractivity contribution in [1.82, 2.24) is 9.78 Å². The van der Waals surface area contributed by atoms with Crippen LogP contribution in [0.3, 0.4) is 0 Å². The molecule has 1 aromatic rings. The lowest BCUT2D eigenvalue weighted by molar-refractivity contribution is 0.0333. The van der Waals surface area contributed by atoms with E-state index in [1.807, 2.05) is 13.2 Å². The third kappa shape index (κ3) is 1.79. The normalized spacial score (nSPS) is 21.8. The van der Waals surface area contributed by atoms with Crippen LogP contribution in [0, 0.1) is 5.41 Å². The molecule has 1 fully saturated rings. The fraction of sp³-hybridized carbons (Fsp3) is 0.727. The highest BCUT2D eigenvalue weighted by molar-refractivity contribution is 5.13. The Labute approximate surface area is 90.1 Å². The van der Waals surface area contributed by atoms with Gasteiger partial charge in [-0.15, -0.1) is 0 Å². The van der Waals surface area contributed by atoms with Gasteiger partial charge in [0.15, 0.2) is 0 Å². The van der Waals surface area contributed by atoms with E-state index in [0.717, 1.165) is 18.4 Å². The predicted octanol–water partition coefficient (Wildman–Crippen LogP) is 0.973. The molecule has 1 aliphatic carbocycles. The minimum absolute atomic E-state index is 0.108. The van der Waals surface area contributed by atoms with Crippen LogP contribution in [-0.2, 0) is 7.05 Å². The topological polar surface area (TPSA) is 64.1 Å². The largest absolute Gasteiger partial charge is 0.388 e. The quantitative estimate of drug-likeness (QED) is 0.779. The Morgan fingerprint density at radius 3 is 2.73 bits per heavy atom. The Morgan fingerprint density at radius 1 is 1.60 bits per heavy atom. The van der Waals surface area contributed by atoms with Crippen LogP contribution in [0.4, 0.5) is 0 Å². The molecule has 0 radical (unpaired) electrons. The van der Waals surface area contributed by atoms with Gasteiger partial charge in [-0.2, -0.15) is 5.10 Å². The van der Waals surface area contributed by atoms with Gasteiger partial charge in [0.25, 0.3) is 0 Å². The standard InChI is InChI=1S/C11H19N3O/c1-14-7-9(6-13-14)10(15)11(8-12)4-2-3-5-11/h6-7,10,15H,2-5,8,12H2,1H3. The van der Waals surface area contributed by atoms with Crippen molar-refractivity contribution < 1.29 is 5.11 Å². The molecule has 0 spiro atoms. The molecule has 1 heterocycles. The van der Waals surface area contributed by atoms with Crippen LogP contribution in [-0.4, -0.2) is 21.4 Å². The maximum absolute atomic E-state index is 10.4. The third-order valence-electron chi connectivity index (χ3n) is 3.63. The van der Waals surface area contributed by atoms with Gasteiger partial charge >= 0.3 is 0 Å². The van der Waals surface area contributed by atoms with Gasteiger partial charge in [0, 0.05) is 30.8 Å². The predicted molar refractivity (Wildman–Crippen MR) is 58.1 cm³/mol. The maximum atomic E-state index is 10.4. The van der Waals surface area contributed by atoms with E-state index in [9.17, 15) is 5.11 Å². The minimum atomic E-state index is -0.460. The second kappa shape index (κ2) is 3.94. The molecule has 1 atom stereocenters. The van der Waals surface area contributed by atoms with Crippen molar-refractivity contribution in [2.24, 2.45) is 18.2 Å². The second-order valence-electron chi connectivity index (χ2n) is 4.62. The van der Waals surface area contributed by atoms with E-state index < -0.39 is 6.10 Å². The summed E-state index contributed by atoms with van der Waals surface area (Å²) in [4.78, 5) is 0. The number of hydrogen-bond donors (Lipinski definition) is 2. The zero-order chi connectivity index (χ0) is 10.9. The first-order valence-corrected chi connectivity index (χ1v) is 5.55. The highest BCUT2D eigenvalue weighted by atomic mass is 16.3. The van der Waals surface area contributed by atoms with Crippen molar-refractivity contribution in [3.8, 4) is 0 Å². The van der Waals surface area contributed by atoms with Crippen molar-refractivity contribution in [2.45, 2.75) is 31.8 Å². The number of aryl methyl sites for hydroxylation is 1. The van der Waals surface area contributed by atoms with Gasteiger partial charge in [-0.25, -0.2) is 0 Å². The summed E-state index contributed by atoms with van der Waals surface area (Å²) in [6, 6.07) is 0. The van der Waals surface area contributed by atoms with Gasteiger partial charge in [0.05, 0.1) is 12.3 Å². The molecule has 0 aliphatic heterocycles. The molecule has 1 saturated carbocycles. The molecule has 0 amide bonds. The van der Waals surface area contributed by atoms with Gasteiger partial charge in [0.2, 0.25) is 0 Å². The highest BCUT2D eigenvalue weighted by Gasteiger charge is 2.40. The molecule has 84 valence electrons. The smallest absolute Gasteiger partial charge is 0.0888 e. The Bertz CT molecular complexity index is 328. The van der Waals surface area contributed by atoms with Crippen molar-refractivity contribution in [3.05, 3.63) is 18.0 Å². The van der Waals surface area contributed by atoms with Crippen LogP contribution in [0.25, 0.3) is 0 Å². The summed E-state index contributed by atoms with van der Waals surface area (Å²) in [6.07, 6.45) is 7.56. The molecule has 0 bridgehead atoms. The SMILES string of the molecule is Cn1cc(C(O)C2(CN)CCCC2)cn1. The lowest BCUT2D eigenvalue weighted by atomic mass is 9.78. The third-order valence-corrected chi connectivity index (χ3v) is 3.63. The van der Waals surface area contributed by atoms with Crippen molar-refractivity contribution >= 4 is 0 Å². The summed E-state index contributed by atoms with van der Waals surface area (Å²) in [5, 5.41) is 14.4. The lowest BCUT2D eigenvalue weighted by Crippen LogP contribution is -2.34. The Morgan fingerprint density at radius 2 is 2.27 bits per heavy atom. The number of aliphatic hydroxyl groups is 1. The van der Waals surface area contributed by atoms with Crippen molar-refractivity contribution in [3.63, 3.8) is 0 Å². The summed E-state index contributed by atoms with van der Waals surface area (Å²) >= 11 is 0. The first kappa shape index (κ1) is 10.6. The molecular formula is C11H19N3O. The van der Waals surface area contributed by atoms with Gasteiger partial charge in [0.1, 0.15) is 0 Å². The van der Waals surface area contributed by atoms with Crippen LogP contribution in [0.15, 0.2) is 12.4 Å². The first-order chi connectivity index (χ1) is 7.18. The molecule has 4 heteroatoms. The molecule has 2 rings (SSSR count). The van der Waals surface area contributed by atoms with E-state index in [4.69, 9.17) is 5.73 Å². The maximum Gasteiger partial charge on any atom is 0.0888 e. The molecule has 15 heavy (non-hydrogen) atoms. The molecule has 3 N–H and O–H groups in total. The number of aliphatic hydroxyl groups excluding tert-OH is 1. The number of nitrogens with zero attached hydrogens (tertiary/aromatic N) is 2. The van der Waals surface area contributed by atoms with E-state index in [-0.39, 0.29) is 5.41 Å². The van der Waals surface area contributed by atoms with Gasteiger partial charge in [-0.05, 0) is 12.8 Å². The fourth-order valence-corrected chi connectivity index (χ4v) is 2.60. The molecule has 0 saturated heterocycles. The number of hydrogen-bond acceptors (Lipinski definition) is 3. The molecule has 1 aliphatic rings. The average Bonchev–Trinajstić information content (AvgIpc) is 2.86. The van der Waals surface area contributed by atoms with Crippen LogP contribution in [0.2, 0.25) is 0 Å². The van der Waals surface area contributed by atoms with Gasteiger partial charge < -0.3 is 10.8 Å². The van der Waals surface area contributed by atoms with Crippen LogP contribution in [0.5, 0.6) is 0 Å². The van der Waals surface area contributed by atoms with Crippen LogP contribution in [0.1, 0.15) is 37.4 Å².